The average molecular weight is 217 g/mol. The topological polar surface area (TPSA) is 20.3 Å². The highest BCUT2D eigenvalue weighted by Crippen LogP contribution is 2.38. The van der Waals surface area contributed by atoms with Gasteiger partial charge in [0.1, 0.15) is 0 Å². The minimum atomic E-state index is 0.189. The van der Waals surface area contributed by atoms with Crippen LogP contribution in [0.2, 0.25) is 0 Å². The number of rotatable bonds is 2. The summed E-state index contributed by atoms with van der Waals surface area (Å²) < 4.78 is 0. The van der Waals surface area contributed by atoms with E-state index in [2.05, 4.69) is 44.0 Å². The molecule has 0 aromatic carbocycles. The second-order valence-electron chi connectivity index (χ2n) is 4.98. The van der Waals surface area contributed by atoms with Crippen molar-refractivity contribution in [2.45, 2.75) is 26.8 Å². The lowest BCUT2D eigenvalue weighted by Gasteiger charge is -2.32. The van der Waals surface area contributed by atoms with E-state index in [1.807, 2.05) is 6.20 Å². The maximum Gasteiger partial charge on any atom is 0.157 e. The Hall–Kier alpha value is -1.31. The summed E-state index contributed by atoms with van der Waals surface area (Å²) in [5, 5.41) is 0. The van der Waals surface area contributed by atoms with E-state index in [1.54, 1.807) is 6.92 Å². The van der Waals surface area contributed by atoms with Gasteiger partial charge in [-0.2, -0.15) is 0 Å². The van der Waals surface area contributed by atoms with Crippen molar-refractivity contribution in [1.82, 2.24) is 4.90 Å². The van der Waals surface area contributed by atoms with Crippen molar-refractivity contribution in [3.63, 3.8) is 0 Å². The number of allylic oxidation sites excluding steroid dienone is 2. The molecule has 0 spiro atoms. The zero-order valence-electron chi connectivity index (χ0n) is 10.4. The molecule has 2 aliphatic rings. The number of likely N-dealkylation sites (N-methyl/N-ethyl adjacent to an activating group) is 1. The lowest BCUT2D eigenvalue weighted by atomic mass is 9.80. The number of nitrogens with zero attached hydrogens (tertiary/aromatic N) is 1. The Labute approximate surface area is 97.3 Å². The van der Waals surface area contributed by atoms with Gasteiger partial charge in [0.25, 0.3) is 0 Å². The van der Waals surface area contributed by atoms with E-state index < -0.39 is 0 Å². The Morgan fingerprint density at radius 1 is 1.44 bits per heavy atom. The molecule has 0 fully saturated rings. The largest absolute Gasteiger partial charge is 0.372 e. The normalized spacial score (nSPS) is 27.9. The third-order valence-corrected chi connectivity index (χ3v) is 3.50. The van der Waals surface area contributed by atoms with Crippen molar-refractivity contribution in [2.24, 2.45) is 11.8 Å². The summed E-state index contributed by atoms with van der Waals surface area (Å²) in [5.41, 5.74) is 2.36. The SMILES string of the molecule is CC(=O)C1=CN(C)C2C(C(C)C)=CC=CC12. The molecule has 0 radical (unpaired) electrons. The smallest absolute Gasteiger partial charge is 0.157 e. The Morgan fingerprint density at radius 3 is 2.69 bits per heavy atom. The third kappa shape index (κ3) is 1.62. The maximum atomic E-state index is 11.6. The molecule has 86 valence electrons. The van der Waals surface area contributed by atoms with Crippen molar-refractivity contribution < 1.29 is 4.79 Å². The number of fused-ring (bicyclic) bond motifs is 1. The van der Waals surface area contributed by atoms with E-state index in [0.29, 0.717) is 12.0 Å². The van der Waals surface area contributed by atoms with Gasteiger partial charge in [-0.15, -0.1) is 0 Å². The van der Waals surface area contributed by atoms with Crippen molar-refractivity contribution >= 4 is 5.78 Å². The van der Waals surface area contributed by atoms with Crippen LogP contribution in [0.1, 0.15) is 20.8 Å². The highest BCUT2D eigenvalue weighted by Gasteiger charge is 2.37. The predicted molar refractivity (Wildman–Crippen MR) is 65.9 cm³/mol. The number of carbonyl (C=O) groups is 1. The van der Waals surface area contributed by atoms with Crippen molar-refractivity contribution in [1.29, 1.82) is 0 Å². The third-order valence-electron chi connectivity index (χ3n) is 3.50. The summed E-state index contributed by atoms with van der Waals surface area (Å²) >= 11 is 0. The van der Waals surface area contributed by atoms with Crippen LogP contribution in [0.15, 0.2) is 35.6 Å². The molecule has 0 saturated carbocycles. The van der Waals surface area contributed by atoms with E-state index in [1.165, 1.54) is 5.57 Å². The van der Waals surface area contributed by atoms with Gasteiger partial charge >= 0.3 is 0 Å². The standard InChI is InChI=1S/C14H19NO/c1-9(2)11-6-5-7-12-13(10(3)16)8-15(4)14(11)12/h5-9,12,14H,1-4H3. The fourth-order valence-electron chi connectivity index (χ4n) is 2.71. The van der Waals surface area contributed by atoms with Crippen LogP contribution in [0.3, 0.4) is 0 Å². The molecule has 2 nitrogen and oxygen atoms in total. The average Bonchev–Trinajstić information content (AvgIpc) is 2.56. The van der Waals surface area contributed by atoms with Gasteiger partial charge in [0.05, 0.1) is 6.04 Å². The molecule has 2 unspecified atom stereocenters. The summed E-state index contributed by atoms with van der Waals surface area (Å²) in [4.78, 5) is 13.8. The molecule has 16 heavy (non-hydrogen) atoms. The summed E-state index contributed by atoms with van der Waals surface area (Å²) in [6.07, 6.45) is 8.43. The number of carbonyl (C=O) groups excluding carboxylic acids is 1. The van der Waals surface area contributed by atoms with E-state index in [4.69, 9.17) is 0 Å². The zero-order chi connectivity index (χ0) is 11.9. The number of ketones is 1. The molecule has 0 amide bonds. The van der Waals surface area contributed by atoms with Crippen LogP contribution in [0.4, 0.5) is 0 Å². The van der Waals surface area contributed by atoms with E-state index in [9.17, 15) is 4.79 Å². The van der Waals surface area contributed by atoms with Gasteiger partial charge in [-0.05, 0) is 18.4 Å². The number of Topliss-reactive ketones (excluding diaryl/α,β-unsaturated/α-hetero) is 1. The first-order valence-corrected chi connectivity index (χ1v) is 5.85. The minimum Gasteiger partial charge on any atom is -0.372 e. The molecule has 0 N–H and O–H groups in total. The molecular formula is C14H19NO. The first kappa shape index (κ1) is 11.2. The summed E-state index contributed by atoms with van der Waals surface area (Å²) in [5.74, 6) is 0.971. The second kappa shape index (κ2) is 3.93. The van der Waals surface area contributed by atoms with Crippen molar-refractivity contribution in [2.75, 3.05) is 7.05 Å². The molecule has 1 heterocycles. The van der Waals surface area contributed by atoms with Crippen molar-refractivity contribution in [3.05, 3.63) is 35.6 Å². The van der Waals surface area contributed by atoms with Crippen LogP contribution in [0.5, 0.6) is 0 Å². The molecule has 2 rings (SSSR count). The van der Waals surface area contributed by atoms with Crippen LogP contribution in [0.25, 0.3) is 0 Å². The molecule has 1 aliphatic carbocycles. The lowest BCUT2D eigenvalue weighted by Crippen LogP contribution is -2.34. The first-order chi connectivity index (χ1) is 7.52. The minimum absolute atomic E-state index is 0.189. The predicted octanol–water partition coefficient (Wildman–Crippen LogP) is 2.54. The van der Waals surface area contributed by atoms with Gasteiger partial charge in [0, 0.05) is 24.7 Å². The molecule has 1 aliphatic heterocycles. The summed E-state index contributed by atoms with van der Waals surface area (Å²) in [7, 11) is 2.06. The Bertz CT molecular complexity index is 401. The highest BCUT2D eigenvalue weighted by molar-refractivity contribution is 5.95. The number of hydrogen-bond donors (Lipinski definition) is 0. The van der Waals surface area contributed by atoms with Gasteiger partial charge in [0.15, 0.2) is 5.78 Å². The van der Waals surface area contributed by atoms with Crippen LogP contribution >= 0.6 is 0 Å². The summed E-state index contributed by atoms with van der Waals surface area (Å²) in [6, 6.07) is 0.351. The van der Waals surface area contributed by atoms with Gasteiger partial charge in [0.2, 0.25) is 0 Å². The number of hydrogen-bond acceptors (Lipinski definition) is 2. The van der Waals surface area contributed by atoms with E-state index in [0.717, 1.165) is 5.57 Å². The molecular weight excluding hydrogens is 198 g/mol. The van der Waals surface area contributed by atoms with Crippen LogP contribution in [0, 0.1) is 11.8 Å². The van der Waals surface area contributed by atoms with E-state index in [-0.39, 0.29) is 11.7 Å². The molecule has 0 bridgehead atoms. The van der Waals surface area contributed by atoms with Crippen LogP contribution in [-0.2, 0) is 4.79 Å². The van der Waals surface area contributed by atoms with Gasteiger partial charge in [-0.3, -0.25) is 4.79 Å². The molecule has 0 aromatic rings. The lowest BCUT2D eigenvalue weighted by molar-refractivity contribution is -0.113. The second-order valence-corrected chi connectivity index (χ2v) is 4.98. The van der Waals surface area contributed by atoms with E-state index >= 15 is 0 Å². The molecule has 0 aromatic heterocycles. The van der Waals surface area contributed by atoms with Gasteiger partial charge < -0.3 is 4.90 Å². The Morgan fingerprint density at radius 2 is 2.12 bits per heavy atom. The van der Waals surface area contributed by atoms with Gasteiger partial charge in [-0.1, -0.05) is 32.1 Å². The van der Waals surface area contributed by atoms with Crippen LogP contribution in [-0.4, -0.2) is 23.8 Å². The first-order valence-electron chi connectivity index (χ1n) is 5.85. The Balaban J connectivity index is 2.35. The monoisotopic (exact) mass is 217 g/mol. The fraction of sp³-hybridized carbons (Fsp3) is 0.500. The maximum absolute atomic E-state index is 11.6. The molecule has 2 atom stereocenters. The zero-order valence-corrected chi connectivity index (χ0v) is 10.4. The summed E-state index contributed by atoms with van der Waals surface area (Å²) in [6.45, 7) is 6.08. The molecule has 0 saturated heterocycles. The molecule has 2 heteroatoms. The fourth-order valence-corrected chi connectivity index (χ4v) is 2.71. The quantitative estimate of drug-likeness (QED) is 0.708. The van der Waals surface area contributed by atoms with Gasteiger partial charge in [-0.25, -0.2) is 0 Å². The Kier molecular flexibility index (Phi) is 2.75. The van der Waals surface area contributed by atoms with Crippen molar-refractivity contribution in [3.8, 4) is 0 Å². The highest BCUT2D eigenvalue weighted by atomic mass is 16.1. The van der Waals surface area contributed by atoms with Crippen LogP contribution < -0.4 is 0 Å².